The Morgan fingerprint density at radius 3 is 2.58 bits per heavy atom. The van der Waals surface area contributed by atoms with Crippen molar-refractivity contribution in [2.45, 2.75) is 25.3 Å². The first-order valence-electron chi connectivity index (χ1n) is 6.51. The monoisotopic (exact) mass is 282 g/mol. The molecule has 4 nitrogen and oxygen atoms in total. The molecule has 1 amide bonds. The van der Waals surface area contributed by atoms with Crippen LogP contribution in [0.15, 0.2) is 24.3 Å². The number of amides is 1. The first-order chi connectivity index (χ1) is 8.66. The van der Waals surface area contributed by atoms with Gasteiger partial charge in [-0.25, -0.2) is 0 Å². The third-order valence-corrected chi connectivity index (χ3v) is 4.45. The number of halogens is 1. The van der Waals surface area contributed by atoms with Crippen LogP contribution in [0, 0.1) is 17.8 Å². The Hall–Kier alpha value is -1.26. The zero-order valence-corrected chi connectivity index (χ0v) is 11.4. The summed E-state index contributed by atoms with van der Waals surface area (Å²) in [5, 5.41) is 12.5. The molecule has 2 saturated carbocycles. The smallest absolute Gasteiger partial charge is 0.229 e. The molecule has 19 heavy (non-hydrogen) atoms. The average molecular weight is 283 g/mol. The second kappa shape index (κ2) is 5.39. The lowest BCUT2D eigenvalue weighted by Crippen LogP contribution is -2.42. The van der Waals surface area contributed by atoms with Crippen LogP contribution < -0.4 is 11.1 Å². The standard InChI is InChI=1S/C14H18N2O2.ClH/c15-13-9-6-5-8(7-9)12(13)14(18)16-10-3-1-2-4-11(10)17;/h1-4,8-9,12-13,17H,5-7,15H2,(H,16,18);1H. The van der Waals surface area contributed by atoms with E-state index in [1.165, 1.54) is 0 Å². The van der Waals surface area contributed by atoms with Gasteiger partial charge in [0.15, 0.2) is 0 Å². The zero-order valence-electron chi connectivity index (χ0n) is 10.6. The van der Waals surface area contributed by atoms with Gasteiger partial charge in [0.2, 0.25) is 5.91 Å². The van der Waals surface area contributed by atoms with E-state index in [4.69, 9.17) is 5.73 Å². The predicted octanol–water partition coefficient (Wildman–Crippen LogP) is 2.13. The highest BCUT2D eigenvalue weighted by Crippen LogP contribution is 2.48. The van der Waals surface area contributed by atoms with Gasteiger partial charge in [-0.1, -0.05) is 12.1 Å². The van der Waals surface area contributed by atoms with Gasteiger partial charge in [-0.05, 0) is 43.2 Å². The van der Waals surface area contributed by atoms with Crippen LogP contribution in [0.25, 0.3) is 0 Å². The summed E-state index contributed by atoms with van der Waals surface area (Å²) in [5.74, 6) is 0.896. The van der Waals surface area contributed by atoms with E-state index in [9.17, 15) is 9.90 Å². The molecule has 4 unspecified atom stereocenters. The number of anilines is 1. The van der Waals surface area contributed by atoms with Crippen LogP contribution in [-0.4, -0.2) is 17.1 Å². The van der Waals surface area contributed by atoms with Crippen LogP contribution in [0.5, 0.6) is 5.75 Å². The molecular weight excluding hydrogens is 264 g/mol. The summed E-state index contributed by atoms with van der Waals surface area (Å²) in [7, 11) is 0. The van der Waals surface area contributed by atoms with Gasteiger partial charge in [-0.2, -0.15) is 0 Å². The summed E-state index contributed by atoms with van der Waals surface area (Å²) in [4.78, 5) is 12.3. The molecule has 4 atom stereocenters. The highest BCUT2D eigenvalue weighted by Gasteiger charge is 2.49. The molecule has 104 valence electrons. The Labute approximate surface area is 118 Å². The number of nitrogens with two attached hydrogens (primary N) is 1. The maximum atomic E-state index is 12.3. The van der Waals surface area contributed by atoms with Crippen molar-refractivity contribution in [1.82, 2.24) is 0 Å². The highest BCUT2D eigenvalue weighted by atomic mass is 35.5. The lowest BCUT2D eigenvalue weighted by molar-refractivity contribution is -0.121. The number of rotatable bonds is 2. The molecule has 1 aromatic carbocycles. The van der Waals surface area contributed by atoms with Crippen molar-refractivity contribution in [3.63, 3.8) is 0 Å². The Kier molecular flexibility index (Phi) is 4.02. The molecule has 1 aromatic rings. The van der Waals surface area contributed by atoms with Crippen LogP contribution in [0.4, 0.5) is 5.69 Å². The van der Waals surface area contributed by atoms with E-state index in [0.717, 1.165) is 19.3 Å². The summed E-state index contributed by atoms with van der Waals surface area (Å²) in [6.45, 7) is 0. The Morgan fingerprint density at radius 1 is 1.26 bits per heavy atom. The SMILES string of the molecule is Cl.NC1C2CCC(C2)C1C(=O)Nc1ccccc1O. The third kappa shape index (κ3) is 2.42. The van der Waals surface area contributed by atoms with E-state index >= 15 is 0 Å². The van der Waals surface area contributed by atoms with Gasteiger partial charge in [0.05, 0.1) is 11.6 Å². The largest absolute Gasteiger partial charge is 0.506 e. The minimum Gasteiger partial charge on any atom is -0.506 e. The number of phenols is 1. The molecule has 5 heteroatoms. The van der Waals surface area contributed by atoms with Crippen molar-refractivity contribution in [2.24, 2.45) is 23.5 Å². The number of phenolic OH excluding ortho intramolecular Hbond substituents is 1. The molecule has 0 aromatic heterocycles. The second-order valence-corrected chi connectivity index (χ2v) is 5.44. The normalized spacial score (nSPS) is 31.8. The van der Waals surface area contributed by atoms with E-state index in [-0.39, 0.29) is 36.0 Å². The fraction of sp³-hybridized carbons (Fsp3) is 0.500. The number of para-hydroxylation sites is 2. The van der Waals surface area contributed by atoms with Gasteiger partial charge < -0.3 is 16.2 Å². The molecule has 0 aliphatic heterocycles. The minimum absolute atomic E-state index is 0. The summed E-state index contributed by atoms with van der Waals surface area (Å²) in [6, 6.07) is 6.77. The van der Waals surface area contributed by atoms with E-state index in [1.54, 1.807) is 24.3 Å². The maximum absolute atomic E-state index is 12.3. The van der Waals surface area contributed by atoms with Gasteiger partial charge in [0.25, 0.3) is 0 Å². The number of carbonyl (C=O) groups is 1. The maximum Gasteiger partial charge on any atom is 0.229 e. The molecule has 0 spiro atoms. The molecular formula is C14H19ClN2O2. The fourth-order valence-electron chi connectivity index (χ4n) is 3.52. The van der Waals surface area contributed by atoms with Crippen molar-refractivity contribution < 1.29 is 9.90 Å². The lowest BCUT2D eigenvalue weighted by Gasteiger charge is -2.27. The summed E-state index contributed by atoms with van der Waals surface area (Å²) in [6.07, 6.45) is 3.35. The van der Waals surface area contributed by atoms with Crippen LogP contribution in [-0.2, 0) is 4.79 Å². The molecule has 0 saturated heterocycles. The number of fused-ring (bicyclic) bond motifs is 2. The number of hydrogen-bond donors (Lipinski definition) is 3. The molecule has 4 N–H and O–H groups in total. The second-order valence-electron chi connectivity index (χ2n) is 5.44. The Balaban J connectivity index is 0.00000133. The molecule has 2 fully saturated rings. The van der Waals surface area contributed by atoms with Crippen molar-refractivity contribution >= 4 is 24.0 Å². The summed E-state index contributed by atoms with van der Waals surface area (Å²) in [5.41, 5.74) is 6.60. The van der Waals surface area contributed by atoms with Crippen molar-refractivity contribution in [3.8, 4) is 5.75 Å². The first kappa shape index (κ1) is 14.2. The van der Waals surface area contributed by atoms with Crippen LogP contribution in [0.1, 0.15) is 19.3 Å². The Bertz CT molecular complexity index is 478. The lowest BCUT2D eigenvalue weighted by atomic mass is 9.84. The topological polar surface area (TPSA) is 75.4 Å². The van der Waals surface area contributed by atoms with E-state index < -0.39 is 0 Å². The number of nitrogens with one attached hydrogen (secondary N) is 1. The van der Waals surface area contributed by atoms with Crippen LogP contribution in [0.2, 0.25) is 0 Å². The number of hydrogen-bond acceptors (Lipinski definition) is 3. The van der Waals surface area contributed by atoms with E-state index in [1.807, 2.05) is 0 Å². The summed E-state index contributed by atoms with van der Waals surface area (Å²) >= 11 is 0. The fourth-order valence-corrected chi connectivity index (χ4v) is 3.52. The van der Waals surface area contributed by atoms with Gasteiger partial charge in [0, 0.05) is 6.04 Å². The predicted molar refractivity (Wildman–Crippen MR) is 76.3 cm³/mol. The molecule has 2 bridgehead atoms. The molecule has 2 aliphatic carbocycles. The summed E-state index contributed by atoms with van der Waals surface area (Å²) < 4.78 is 0. The van der Waals surface area contributed by atoms with Gasteiger partial charge >= 0.3 is 0 Å². The van der Waals surface area contributed by atoms with Crippen molar-refractivity contribution in [1.29, 1.82) is 0 Å². The van der Waals surface area contributed by atoms with Crippen LogP contribution >= 0.6 is 12.4 Å². The average Bonchev–Trinajstić information content (AvgIpc) is 2.92. The molecule has 3 rings (SSSR count). The third-order valence-electron chi connectivity index (χ3n) is 4.45. The molecule has 0 radical (unpaired) electrons. The molecule has 2 aliphatic rings. The zero-order chi connectivity index (χ0) is 12.7. The number of aromatic hydroxyl groups is 1. The quantitative estimate of drug-likeness (QED) is 0.728. The highest BCUT2D eigenvalue weighted by molar-refractivity contribution is 5.94. The van der Waals surface area contributed by atoms with Gasteiger partial charge in [-0.3, -0.25) is 4.79 Å². The van der Waals surface area contributed by atoms with Crippen LogP contribution in [0.3, 0.4) is 0 Å². The number of carbonyl (C=O) groups excluding carboxylic acids is 1. The number of benzene rings is 1. The van der Waals surface area contributed by atoms with Crippen molar-refractivity contribution in [3.05, 3.63) is 24.3 Å². The van der Waals surface area contributed by atoms with Gasteiger partial charge in [0.1, 0.15) is 5.75 Å². The van der Waals surface area contributed by atoms with Gasteiger partial charge in [-0.15, -0.1) is 12.4 Å². The van der Waals surface area contributed by atoms with E-state index in [2.05, 4.69) is 5.32 Å². The first-order valence-corrected chi connectivity index (χ1v) is 6.51. The minimum atomic E-state index is -0.0941. The van der Waals surface area contributed by atoms with E-state index in [0.29, 0.717) is 17.5 Å². The molecule has 0 heterocycles. The van der Waals surface area contributed by atoms with Crippen molar-refractivity contribution in [2.75, 3.05) is 5.32 Å². The Morgan fingerprint density at radius 2 is 1.95 bits per heavy atom.